The number of hydrogen-bond acceptors (Lipinski definition) is 0. The average molecular weight is 262 g/mol. The van der Waals surface area contributed by atoms with Crippen LogP contribution >= 0.6 is 12.4 Å². The van der Waals surface area contributed by atoms with Crippen LogP contribution in [0, 0.1) is 0 Å². The summed E-state index contributed by atoms with van der Waals surface area (Å²) in [7, 11) is 0. The Morgan fingerprint density at radius 3 is 2.08 bits per heavy atom. The molecule has 0 bridgehead atoms. The van der Waals surface area contributed by atoms with Crippen LogP contribution < -0.4 is 4.46 Å². The van der Waals surface area contributed by atoms with Gasteiger partial charge in [-0.1, -0.05) is 0 Å². The molecule has 0 fully saturated rings. The SMILES string of the molecule is Cl.FC(F)(F)c1cccc([SeH])c1. The Balaban J connectivity index is 0.00000121. The minimum absolute atomic E-state index is 0. The molecule has 0 aliphatic rings. The van der Waals surface area contributed by atoms with Gasteiger partial charge in [0.1, 0.15) is 0 Å². The van der Waals surface area contributed by atoms with E-state index in [0.717, 1.165) is 12.1 Å². The van der Waals surface area contributed by atoms with Crippen LogP contribution in [0.1, 0.15) is 5.56 Å². The van der Waals surface area contributed by atoms with Crippen molar-refractivity contribution in [3.8, 4) is 0 Å². The molecule has 0 saturated carbocycles. The van der Waals surface area contributed by atoms with Gasteiger partial charge in [-0.15, -0.1) is 12.4 Å². The van der Waals surface area contributed by atoms with Gasteiger partial charge >= 0.3 is 69.7 Å². The van der Waals surface area contributed by atoms with Crippen molar-refractivity contribution >= 4 is 32.9 Å². The van der Waals surface area contributed by atoms with Gasteiger partial charge in [-0.25, -0.2) is 0 Å². The van der Waals surface area contributed by atoms with Crippen LogP contribution in [0.25, 0.3) is 0 Å². The van der Waals surface area contributed by atoms with Crippen LogP contribution in [0.3, 0.4) is 0 Å². The second-order valence-corrected chi connectivity index (χ2v) is 3.13. The van der Waals surface area contributed by atoms with E-state index >= 15 is 0 Å². The summed E-state index contributed by atoms with van der Waals surface area (Å²) in [4.78, 5) is 0. The summed E-state index contributed by atoms with van der Waals surface area (Å²) in [5, 5.41) is 0. The summed E-state index contributed by atoms with van der Waals surface area (Å²) in [6.45, 7) is 0. The molecule has 0 unspecified atom stereocenters. The molecule has 0 aliphatic carbocycles. The van der Waals surface area contributed by atoms with Gasteiger partial charge in [0.25, 0.3) is 0 Å². The molecular formula is C7H6ClF3Se. The second kappa shape index (κ2) is 4.17. The fraction of sp³-hybridized carbons (Fsp3) is 0.143. The van der Waals surface area contributed by atoms with Crippen LogP contribution in [0.2, 0.25) is 0 Å². The number of alkyl halides is 3. The van der Waals surface area contributed by atoms with Crippen molar-refractivity contribution < 1.29 is 13.2 Å². The summed E-state index contributed by atoms with van der Waals surface area (Å²) >= 11 is 2.07. The molecule has 1 aromatic rings. The van der Waals surface area contributed by atoms with Gasteiger partial charge < -0.3 is 0 Å². The Bertz CT molecular complexity index is 259. The summed E-state index contributed by atoms with van der Waals surface area (Å²) in [6.07, 6.45) is -4.23. The van der Waals surface area contributed by atoms with Crippen LogP contribution in [-0.4, -0.2) is 16.0 Å². The number of hydrogen-bond donors (Lipinski definition) is 0. The molecule has 5 heteroatoms. The monoisotopic (exact) mass is 262 g/mol. The predicted molar refractivity (Wildman–Crippen MR) is 45.5 cm³/mol. The Morgan fingerprint density at radius 2 is 1.75 bits per heavy atom. The fourth-order valence-electron chi connectivity index (χ4n) is 0.682. The Hall–Kier alpha value is -0.181. The molecule has 0 radical (unpaired) electrons. The number of benzene rings is 1. The Labute approximate surface area is 82.4 Å². The van der Waals surface area contributed by atoms with Gasteiger partial charge in [-0.05, 0) is 0 Å². The van der Waals surface area contributed by atoms with Crippen molar-refractivity contribution in [3.63, 3.8) is 0 Å². The molecule has 0 aliphatic heterocycles. The van der Waals surface area contributed by atoms with Crippen molar-refractivity contribution in [2.45, 2.75) is 6.18 Å². The van der Waals surface area contributed by atoms with Gasteiger partial charge in [-0.2, -0.15) is 0 Å². The number of halogens is 4. The predicted octanol–water partition coefficient (Wildman–Crippen LogP) is 1.65. The normalized spacial score (nSPS) is 10.7. The molecule has 0 atom stereocenters. The fourth-order valence-corrected chi connectivity index (χ4v) is 1.15. The van der Waals surface area contributed by atoms with E-state index in [-0.39, 0.29) is 12.4 Å². The topological polar surface area (TPSA) is 0 Å². The molecule has 1 rings (SSSR count). The molecule has 12 heavy (non-hydrogen) atoms. The summed E-state index contributed by atoms with van der Waals surface area (Å²) < 4.78 is 36.4. The van der Waals surface area contributed by atoms with E-state index in [0.29, 0.717) is 4.46 Å². The van der Waals surface area contributed by atoms with E-state index in [9.17, 15) is 13.2 Å². The van der Waals surface area contributed by atoms with Gasteiger partial charge in [0, 0.05) is 0 Å². The van der Waals surface area contributed by atoms with Crippen LogP contribution in [0.4, 0.5) is 13.2 Å². The first kappa shape index (κ1) is 11.8. The Kier molecular flexibility index (Phi) is 4.11. The quantitative estimate of drug-likeness (QED) is 0.623. The standard InChI is InChI=1S/C7H5F3Se.ClH/c8-7(9,10)5-2-1-3-6(11)4-5;/h1-4,11H;1H. The molecule has 0 heterocycles. The van der Waals surface area contributed by atoms with E-state index < -0.39 is 11.7 Å². The summed E-state index contributed by atoms with van der Waals surface area (Å²) in [6, 6.07) is 5.14. The van der Waals surface area contributed by atoms with Crippen molar-refractivity contribution in [1.82, 2.24) is 0 Å². The molecule has 0 N–H and O–H groups in total. The molecule has 1 aromatic carbocycles. The van der Waals surface area contributed by atoms with Crippen molar-refractivity contribution in [1.29, 1.82) is 0 Å². The molecule has 0 saturated heterocycles. The van der Waals surface area contributed by atoms with Crippen LogP contribution in [0.5, 0.6) is 0 Å². The molecule has 0 amide bonds. The minimum atomic E-state index is -4.23. The summed E-state index contributed by atoms with van der Waals surface area (Å²) in [5.41, 5.74) is -0.601. The van der Waals surface area contributed by atoms with Crippen molar-refractivity contribution in [2.75, 3.05) is 0 Å². The molecule has 0 spiro atoms. The summed E-state index contributed by atoms with van der Waals surface area (Å²) in [5.74, 6) is 0. The van der Waals surface area contributed by atoms with Crippen LogP contribution in [0.15, 0.2) is 24.3 Å². The Morgan fingerprint density at radius 1 is 1.17 bits per heavy atom. The third-order valence-electron chi connectivity index (χ3n) is 1.17. The first-order valence-electron chi connectivity index (χ1n) is 2.86. The van der Waals surface area contributed by atoms with Crippen molar-refractivity contribution in [2.24, 2.45) is 0 Å². The zero-order valence-corrected chi connectivity index (χ0v) is 8.49. The van der Waals surface area contributed by atoms with Gasteiger partial charge in [-0.3, -0.25) is 0 Å². The first-order valence-corrected chi connectivity index (χ1v) is 3.80. The zero-order valence-electron chi connectivity index (χ0n) is 5.80. The van der Waals surface area contributed by atoms with Gasteiger partial charge in [0.2, 0.25) is 0 Å². The maximum absolute atomic E-state index is 12.0. The van der Waals surface area contributed by atoms with Gasteiger partial charge in [0.05, 0.1) is 0 Å². The van der Waals surface area contributed by atoms with Crippen molar-refractivity contribution in [3.05, 3.63) is 29.8 Å². The average Bonchev–Trinajstić information content (AvgIpc) is 1.86. The van der Waals surface area contributed by atoms with E-state index in [2.05, 4.69) is 16.0 Å². The first-order chi connectivity index (χ1) is 5.00. The van der Waals surface area contributed by atoms with Gasteiger partial charge in [0.15, 0.2) is 0 Å². The third-order valence-corrected chi connectivity index (χ3v) is 1.76. The second-order valence-electron chi connectivity index (χ2n) is 2.05. The van der Waals surface area contributed by atoms with E-state index in [1.165, 1.54) is 6.07 Å². The van der Waals surface area contributed by atoms with E-state index in [1.807, 2.05) is 0 Å². The van der Waals surface area contributed by atoms with E-state index in [1.54, 1.807) is 6.07 Å². The van der Waals surface area contributed by atoms with E-state index in [4.69, 9.17) is 0 Å². The maximum atomic E-state index is 12.0. The van der Waals surface area contributed by atoms with Crippen LogP contribution in [-0.2, 0) is 6.18 Å². The number of rotatable bonds is 0. The third kappa shape index (κ3) is 3.05. The molecule has 68 valence electrons. The molecule has 0 nitrogen and oxygen atoms in total. The molecule has 0 aromatic heterocycles. The molecular weight excluding hydrogens is 255 g/mol. The zero-order chi connectivity index (χ0) is 8.48.